The van der Waals surface area contributed by atoms with E-state index in [-0.39, 0.29) is 24.8 Å². The molecule has 0 amide bonds. The highest BCUT2D eigenvalue weighted by Crippen LogP contribution is 2.12. The van der Waals surface area contributed by atoms with Gasteiger partial charge in [0.25, 0.3) is 0 Å². The van der Waals surface area contributed by atoms with Crippen molar-refractivity contribution in [3.63, 3.8) is 0 Å². The summed E-state index contributed by atoms with van der Waals surface area (Å²) < 4.78 is 9.03. The maximum Gasteiger partial charge on any atom is 0.309 e. The van der Waals surface area contributed by atoms with E-state index in [1.165, 1.54) is 14.2 Å². The number of carbonyl (C=O) groups is 2. The van der Waals surface area contributed by atoms with E-state index in [0.29, 0.717) is 0 Å². The van der Waals surface area contributed by atoms with Crippen molar-refractivity contribution in [3.8, 4) is 0 Å². The van der Waals surface area contributed by atoms with Gasteiger partial charge in [-0.25, -0.2) is 0 Å². The molecule has 0 atom stereocenters. The highest BCUT2D eigenvalue weighted by Gasteiger charge is 2.08. The molecule has 0 aliphatic rings. The molecule has 0 fully saturated rings. The SMILES string of the molecule is COC(=O)C/C(C)=C(\C)CC(=O)OC. The lowest BCUT2D eigenvalue weighted by atomic mass is 10.1. The van der Waals surface area contributed by atoms with Crippen LogP contribution in [0.25, 0.3) is 0 Å². The minimum Gasteiger partial charge on any atom is -0.469 e. The topological polar surface area (TPSA) is 52.6 Å². The average Bonchev–Trinajstić information content (AvgIpc) is 2.17. The molecule has 0 saturated carbocycles. The zero-order valence-corrected chi connectivity index (χ0v) is 9.05. The zero-order chi connectivity index (χ0) is 11.1. The number of carbonyl (C=O) groups excluding carboxylic acids is 2. The van der Waals surface area contributed by atoms with Gasteiger partial charge >= 0.3 is 11.9 Å². The van der Waals surface area contributed by atoms with Crippen LogP contribution in [-0.2, 0) is 19.1 Å². The highest BCUT2D eigenvalue weighted by molar-refractivity contribution is 5.75. The molecule has 0 rings (SSSR count). The molecular weight excluding hydrogens is 184 g/mol. The smallest absolute Gasteiger partial charge is 0.309 e. The van der Waals surface area contributed by atoms with Crippen LogP contribution in [-0.4, -0.2) is 26.2 Å². The molecule has 4 heteroatoms. The molecule has 0 aromatic carbocycles. The molecule has 0 heterocycles. The Hall–Kier alpha value is -1.32. The standard InChI is InChI=1S/C10H16O4/c1-7(5-9(11)13-3)8(2)6-10(12)14-4/h5-6H2,1-4H3/b8-7+. The van der Waals surface area contributed by atoms with Gasteiger partial charge < -0.3 is 9.47 Å². The van der Waals surface area contributed by atoms with E-state index in [0.717, 1.165) is 11.1 Å². The molecule has 0 spiro atoms. The van der Waals surface area contributed by atoms with Crippen LogP contribution >= 0.6 is 0 Å². The van der Waals surface area contributed by atoms with Gasteiger partial charge in [0, 0.05) is 0 Å². The maximum atomic E-state index is 10.9. The molecule has 0 aliphatic heterocycles. The molecule has 0 saturated heterocycles. The molecule has 4 nitrogen and oxygen atoms in total. The van der Waals surface area contributed by atoms with E-state index < -0.39 is 0 Å². The lowest BCUT2D eigenvalue weighted by Crippen LogP contribution is -2.05. The lowest BCUT2D eigenvalue weighted by Gasteiger charge is -2.05. The fourth-order valence-corrected chi connectivity index (χ4v) is 0.879. The molecule has 0 aliphatic carbocycles. The van der Waals surface area contributed by atoms with Crippen molar-refractivity contribution in [2.45, 2.75) is 26.7 Å². The molecule has 0 bridgehead atoms. The summed E-state index contributed by atoms with van der Waals surface area (Å²) in [7, 11) is 2.68. The first-order valence-electron chi connectivity index (χ1n) is 4.30. The van der Waals surface area contributed by atoms with Crippen molar-refractivity contribution < 1.29 is 19.1 Å². The Kier molecular flexibility index (Phi) is 5.60. The maximum absolute atomic E-state index is 10.9. The van der Waals surface area contributed by atoms with Crippen LogP contribution in [0.2, 0.25) is 0 Å². The third-order valence-electron chi connectivity index (χ3n) is 2.00. The van der Waals surface area contributed by atoms with E-state index in [1.54, 1.807) is 13.8 Å². The molecule has 0 unspecified atom stereocenters. The molecular formula is C10H16O4. The van der Waals surface area contributed by atoms with Gasteiger partial charge in [-0.05, 0) is 13.8 Å². The Bertz CT molecular complexity index is 227. The molecule has 0 radical (unpaired) electrons. The number of hydrogen-bond acceptors (Lipinski definition) is 4. The minimum absolute atomic E-state index is 0.222. The quantitative estimate of drug-likeness (QED) is 0.509. The van der Waals surface area contributed by atoms with Crippen LogP contribution in [0.1, 0.15) is 26.7 Å². The van der Waals surface area contributed by atoms with Gasteiger partial charge in [-0.3, -0.25) is 9.59 Å². The second-order valence-electron chi connectivity index (χ2n) is 3.07. The van der Waals surface area contributed by atoms with Gasteiger partial charge in [-0.2, -0.15) is 0 Å². The van der Waals surface area contributed by atoms with Crippen LogP contribution in [0.4, 0.5) is 0 Å². The zero-order valence-electron chi connectivity index (χ0n) is 9.05. The van der Waals surface area contributed by atoms with E-state index in [4.69, 9.17) is 0 Å². The van der Waals surface area contributed by atoms with Crippen LogP contribution in [0, 0.1) is 0 Å². The van der Waals surface area contributed by atoms with Gasteiger partial charge in [0.15, 0.2) is 0 Å². The first-order valence-corrected chi connectivity index (χ1v) is 4.30. The molecule has 0 aromatic heterocycles. The number of esters is 2. The second kappa shape index (κ2) is 6.18. The minimum atomic E-state index is -0.299. The van der Waals surface area contributed by atoms with E-state index in [1.807, 2.05) is 0 Å². The van der Waals surface area contributed by atoms with Crippen molar-refractivity contribution in [1.82, 2.24) is 0 Å². The van der Waals surface area contributed by atoms with Gasteiger partial charge in [0.2, 0.25) is 0 Å². The average molecular weight is 200 g/mol. The summed E-state index contributed by atoms with van der Waals surface area (Å²) in [4.78, 5) is 21.8. The van der Waals surface area contributed by atoms with Crippen molar-refractivity contribution in [1.29, 1.82) is 0 Å². The van der Waals surface area contributed by atoms with Crippen LogP contribution in [0.3, 0.4) is 0 Å². The first kappa shape index (κ1) is 12.7. The first-order chi connectivity index (χ1) is 6.51. The Morgan fingerprint density at radius 3 is 1.36 bits per heavy atom. The van der Waals surface area contributed by atoms with Crippen LogP contribution < -0.4 is 0 Å². The summed E-state index contributed by atoms with van der Waals surface area (Å²) in [5.41, 5.74) is 1.70. The number of rotatable bonds is 4. The molecule has 0 aromatic rings. The summed E-state index contributed by atoms with van der Waals surface area (Å²) in [6.45, 7) is 3.60. The summed E-state index contributed by atoms with van der Waals surface area (Å²) in [5.74, 6) is -0.599. The molecule has 0 N–H and O–H groups in total. The molecule has 80 valence electrons. The second-order valence-corrected chi connectivity index (χ2v) is 3.07. The van der Waals surface area contributed by atoms with Crippen LogP contribution in [0.15, 0.2) is 11.1 Å². The van der Waals surface area contributed by atoms with Gasteiger partial charge in [-0.1, -0.05) is 11.1 Å². The molecule has 14 heavy (non-hydrogen) atoms. The summed E-state index contributed by atoms with van der Waals surface area (Å²) in [6, 6.07) is 0. The van der Waals surface area contributed by atoms with E-state index in [9.17, 15) is 9.59 Å². The largest absolute Gasteiger partial charge is 0.469 e. The van der Waals surface area contributed by atoms with Crippen molar-refractivity contribution in [3.05, 3.63) is 11.1 Å². The lowest BCUT2D eigenvalue weighted by molar-refractivity contribution is -0.141. The van der Waals surface area contributed by atoms with E-state index in [2.05, 4.69) is 9.47 Å². The van der Waals surface area contributed by atoms with E-state index >= 15 is 0 Å². The predicted molar refractivity (Wildman–Crippen MR) is 51.6 cm³/mol. The number of methoxy groups -OCH3 is 2. The summed E-state index contributed by atoms with van der Waals surface area (Å²) in [6.07, 6.45) is 0.443. The number of hydrogen-bond donors (Lipinski definition) is 0. The van der Waals surface area contributed by atoms with Gasteiger partial charge in [-0.15, -0.1) is 0 Å². The van der Waals surface area contributed by atoms with Crippen LogP contribution in [0.5, 0.6) is 0 Å². The number of ether oxygens (including phenoxy) is 2. The summed E-state index contributed by atoms with van der Waals surface area (Å²) in [5, 5.41) is 0. The summed E-state index contributed by atoms with van der Waals surface area (Å²) >= 11 is 0. The monoisotopic (exact) mass is 200 g/mol. The van der Waals surface area contributed by atoms with Crippen molar-refractivity contribution in [2.24, 2.45) is 0 Å². The van der Waals surface area contributed by atoms with Gasteiger partial charge in [0.1, 0.15) is 0 Å². The third kappa shape index (κ3) is 4.64. The Morgan fingerprint density at radius 1 is 0.857 bits per heavy atom. The van der Waals surface area contributed by atoms with Crippen molar-refractivity contribution >= 4 is 11.9 Å². The normalized spacial score (nSPS) is 11.7. The fourth-order valence-electron chi connectivity index (χ4n) is 0.879. The highest BCUT2D eigenvalue weighted by atomic mass is 16.5. The predicted octanol–water partition coefficient (Wildman–Crippen LogP) is 1.45. The fraction of sp³-hybridized carbons (Fsp3) is 0.600. The third-order valence-corrected chi connectivity index (χ3v) is 2.00. The Balaban J connectivity index is 4.28. The Labute approximate surface area is 83.9 Å². The Morgan fingerprint density at radius 2 is 1.14 bits per heavy atom. The van der Waals surface area contributed by atoms with Crippen molar-refractivity contribution in [2.75, 3.05) is 14.2 Å². The van der Waals surface area contributed by atoms with Gasteiger partial charge in [0.05, 0.1) is 27.1 Å².